The molecule has 2 N–H and O–H groups in total. The van der Waals surface area contributed by atoms with Crippen LogP contribution in [-0.4, -0.2) is 30.4 Å². The van der Waals surface area contributed by atoms with Crippen LogP contribution in [-0.2, 0) is 11.3 Å². The van der Waals surface area contributed by atoms with Crippen molar-refractivity contribution >= 4 is 11.6 Å². The number of nitrogens with one attached hydrogen (secondary N) is 1. The topological polar surface area (TPSA) is 41.5 Å². The SMILES string of the molecule is C[C@@H]1[C@H](C)CCC[C@H]1NC[C@H](O)COCc1ccccc1Cl. The molecule has 124 valence electrons. The van der Waals surface area contributed by atoms with Crippen molar-refractivity contribution in [3.63, 3.8) is 0 Å². The van der Waals surface area contributed by atoms with E-state index < -0.39 is 6.10 Å². The molecular weight excluding hydrogens is 298 g/mol. The van der Waals surface area contributed by atoms with Gasteiger partial charge in [-0.25, -0.2) is 0 Å². The molecule has 1 aliphatic rings. The molecule has 2 rings (SSSR count). The summed E-state index contributed by atoms with van der Waals surface area (Å²) in [7, 11) is 0. The van der Waals surface area contributed by atoms with E-state index in [0.717, 1.165) is 11.5 Å². The Morgan fingerprint density at radius 1 is 1.32 bits per heavy atom. The summed E-state index contributed by atoms with van der Waals surface area (Å²) < 4.78 is 5.58. The molecule has 4 heteroatoms. The van der Waals surface area contributed by atoms with E-state index in [4.69, 9.17) is 16.3 Å². The lowest BCUT2D eigenvalue weighted by atomic mass is 9.78. The van der Waals surface area contributed by atoms with Gasteiger partial charge in [-0.2, -0.15) is 0 Å². The van der Waals surface area contributed by atoms with E-state index in [9.17, 15) is 5.11 Å². The Hall–Kier alpha value is -0.610. The Bertz CT molecular complexity index is 454. The lowest BCUT2D eigenvalue weighted by Crippen LogP contribution is -2.44. The highest BCUT2D eigenvalue weighted by Crippen LogP contribution is 2.29. The molecule has 0 bridgehead atoms. The zero-order chi connectivity index (χ0) is 15.9. The second-order valence-electron chi connectivity index (χ2n) is 6.54. The van der Waals surface area contributed by atoms with E-state index >= 15 is 0 Å². The van der Waals surface area contributed by atoms with Gasteiger partial charge in [-0.3, -0.25) is 0 Å². The molecule has 1 fully saturated rings. The number of rotatable bonds is 7. The molecule has 1 saturated carbocycles. The molecule has 0 radical (unpaired) electrons. The summed E-state index contributed by atoms with van der Waals surface area (Å²) in [4.78, 5) is 0. The number of halogens is 1. The second-order valence-corrected chi connectivity index (χ2v) is 6.95. The fourth-order valence-electron chi connectivity index (χ4n) is 3.14. The van der Waals surface area contributed by atoms with Gasteiger partial charge in [0.2, 0.25) is 0 Å². The molecule has 1 aromatic rings. The minimum atomic E-state index is -0.480. The van der Waals surface area contributed by atoms with Crippen LogP contribution >= 0.6 is 11.6 Å². The van der Waals surface area contributed by atoms with Crippen molar-refractivity contribution in [3.8, 4) is 0 Å². The first-order valence-electron chi connectivity index (χ1n) is 8.30. The number of benzene rings is 1. The predicted octanol–water partition coefficient (Wildman–Crippen LogP) is 3.63. The third-order valence-electron chi connectivity index (χ3n) is 4.85. The molecular formula is C18H28ClNO2. The lowest BCUT2D eigenvalue weighted by Gasteiger charge is -2.35. The summed E-state index contributed by atoms with van der Waals surface area (Å²) >= 11 is 6.08. The summed E-state index contributed by atoms with van der Waals surface area (Å²) in [5, 5.41) is 14.3. The first kappa shape index (κ1) is 17.7. The summed E-state index contributed by atoms with van der Waals surface area (Å²) in [5.41, 5.74) is 0.957. The summed E-state index contributed by atoms with van der Waals surface area (Å²) in [6, 6.07) is 8.15. The minimum Gasteiger partial charge on any atom is -0.389 e. The molecule has 1 aromatic carbocycles. The molecule has 0 amide bonds. The van der Waals surface area contributed by atoms with Crippen LogP contribution in [0.5, 0.6) is 0 Å². The van der Waals surface area contributed by atoms with Crippen LogP contribution in [0, 0.1) is 11.8 Å². The summed E-state index contributed by atoms with van der Waals surface area (Å²) in [6.07, 6.45) is 3.33. The van der Waals surface area contributed by atoms with Gasteiger partial charge in [0.25, 0.3) is 0 Å². The predicted molar refractivity (Wildman–Crippen MR) is 91.1 cm³/mol. The fourth-order valence-corrected chi connectivity index (χ4v) is 3.33. The van der Waals surface area contributed by atoms with Gasteiger partial charge in [0.05, 0.1) is 19.3 Å². The quantitative estimate of drug-likeness (QED) is 0.804. The van der Waals surface area contributed by atoms with Crippen LogP contribution in [0.4, 0.5) is 0 Å². The molecule has 1 aliphatic carbocycles. The largest absolute Gasteiger partial charge is 0.389 e. The number of hydrogen-bond donors (Lipinski definition) is 2. The number of aliphatic hydroxyl groups excluding tert-OH is 1. The van der Waals surface area contributed by atoms with Crippen LogP contribution in [0.25, 0.3) is 0 Å². The standard InChI is InChI=1S/C18H28ClNO2/c1-13-6-5-9-18(14(13)2)20-10-16(21)12-22-11-15-7-3-4-8-17(15)19/h3-4,7-8,13-14,16,18,20-21H,5-6,9-12H2,1-2H3/t13-,14-,16+,18-/m1/s1. The highest BCUT2D eigenvalue weighted by Gasteiger charge is 2.26. The van der Waals surface area contributed by atoms with Gasteiger partial charge in [0.1, 0.15) is 0 Å². The van der Waals surface area contributed by atoms with E-state index in [1.165, 1.54) is 19.3 Å². The van der Waals surface area contributed by atoms with E-state index in [1.807, 2.05) is 24.3 Å². The first-order chi connectivity index (χ1) is 10.6. The van der Waals surface area contributed by atoms with Crippen molar-refractivity contribution in [1.82, 2.24) is 5.32 Å². The Morgan fingerprint density at radius 3 is 2.86 bits per heavy atom. The van der Waals surface area contributed by atoms with E-state index in [2.05, 4.69) is 19.2 Å². The monoisotopic (exact) mass is 325 g/mol. The molecule has 0 spiro atoms. The van der Waals surface area contributed by atoms with E-state index in [1.54, 1.807) is 0 Å². The zero-order valence-electron chi connectivity index (χ0n) is 13.6. The minimum absolute atomic E-state index is 0.328. The smallest absolute Gasteiger partial charge is 0.0897 e. The summed E-state index contributed by atoms with van der Waals surface area (Å²) in [5.74, 6) is 1.44. The highest BCUT2D eigenvalue weighted by atomic mass is 35.5. The maximum Gasteiger partial charge on any atom is 0.0897 e. The van der Waals surface area contributed by atoms with Gasteiger partial charge in [0, 0.05) is 17.6 Å². The summed E-state index contributed by atoms with van der Waals surface area (Å²) in [6.45, 7) is 5.98. The lowest BCUT2D eigenvalue weighted by molar-refractivity contribution is 0.0251. The molecule has 0 aliphatic heterocycles. The average molecular weight is 326 g/mol. The van der Waals surface area contributed by atoms with Gasteiger partial charge in [-0.1, -0.05) is 56.5 Å². The van der Waals surface area contributed by atoms with Crippen LogP contribution in [0.2, 0.25) is 5.02 Å². The van der Waals surface area contributed by atoms with E-state index in [0.29, 0.717) is 36.7 Å². The van der Waals surface area contributed by atoms with Gasteiger partial charge in [-0.15, -0.1) is 0 Å². The Labute approximate surface area is 139 Å². The van der Waals surface area contributed by atoms with Crippen LogP contribution < -0.4 is 5.32 Å². The molecule has 0 aromatic heterocycles. The normalized spacial score (nSPS) is 26.8. The number of ether oxygens (including phenoxy) is 1. The highest BCUT2D eigenvalue weighted by molar-refractivity contribution is 6.31. The molecule has 0 heterocycles. The third-order valence-corrected chi connectivity index (χ3v) is 5.22. The molecule has 22 heavy (non-hydrogen) atoms. The van der Waals surface area contributed by atoms with Crippen molar-refractivity contribution in [1.29, 1.82) is 0 Å². The molecule has 0 unspecified atom stereocenters. The zero-order valence-corrected chi connectivity index (χ0v) is 14.4. The number of hydrogen-bond acceptors (Lipinski definition) is 3. The fraction of sp³-hybridized carbons (Fsp3) is 0.667. The second kappa shape index (κ2) is 8.88. The van der Waals surface area contributed by atoms with Crippen molar-refractivity contribution in [2.75, 3.05) is 13.2 Å². The number of aliphatic hydroxyl groups is 1. The van der Waals surface area contributed by atoms with Gasteiger partial charge in [0.15, 0.2) is 0 Å². The van der Waals surface area contributed by atoms with Crippen molar-refractivity contribution in [2.24, 2.45) is 11.8 Å². The van der Waals surface area contributed by atoms with Crippen molar-refractivity contribution in [2.45, 2.75) is 51.9 Å². The Balaban J connectivity index is 1.66. The molecule has 3 nitrogen and oxygen atoms in total. The van der Waals surface area contributed by atoms with Crippen LogP contribution in [0.15, 0.2) is 24.3 Å². The van der Waals surface area contributed by atoms with Gasteiger partial charge >= 0.3 is 0 Å². The van der Waals surface area contributed by atoms with Crippen LogP contribution in [0.1, 0.15) is 38.7 Å². The van der Waals surface area contributed by atoms with Gasteiger partial charge < -0.3 is 15.2 Å². The molecule has 4 atom stereocenters. The maximum absolute atomic E-state index is 10.1. The first-order valence-corrected chi connectivity index (χ1v) is 8.68. The molecule has 0 saturated heterocycles. The Morgan fingerprint density at radius 2 is 2.09 bits per heavy atom. The Kier molecular flexibility index (Phi) is 7.16. The average Bonchev–Trinajstić information content (AvgIpc) is 2.51. The van der Waals surface area contributed by atoms with Crippen molar-refractivity contribution < 1.29 is 9.84 Å². The maximum atomic E-state index is 10.1. The van der Waals surface area contributed by atoms with Crippen molar-refractivity contribution in [3.05, 3.63) is 34.9 Å². The van der Waals surface area contributed by atoms with E-state index in [-0.39, 0.29) is 0 Å². The third kappa shape index (κ3) is 5.24. The van der Waals surface area contributed by atoms with Gasteiger partial charge in [-0.05, 0) is 29.9 Å². The van der Waals surface area contributed by atoms with Crippen LogP contribution in [0.3, 0.4) is 0 Å².